The number of anilines is 2. The van der Waals surface area contributed by atoms with Crippen LogP contribution in [0.25, 0.3) is 5.69 Å². The zero-order valence-corrected chi connectivity index (χ0v) is 24.0. The van der Waals surface area contributed by atoms with Crippen molar-refractivity contribution in [3.05, 3.63) is 96.6 Å². The van der Waals surface area contributed by atoms with E-state index >= 15 is 0 Å². The molecule has 1 aliphatic heterocycles. The van der Waals surface area contributed by atoms with Crippen LogP contribution in [0.15, 0.2) is 85.2 Å². The van der Waals surface area contributed by atoms with E-state index in [2.05, 4.69) is 31.2 Å². The molecule has 8 nitrogen and oxygen atoms in total. The molecule has 0 aliphatic carbocycles. The first-order chi connectivity index (χ1) is 19.2. The Morgan fingerprint density at radius 3 is 2.38 bits per heavy atom. The van der Waals surface area contributed by atoms with Crippen molar-refractivity contribution in [3.63, 3.8) is 0 Å². The molecule has 3 heterocycles. The zero-order valence-electron chi connectivity index (χ0n) is 23.2. The summed E-state index contributed by atoms with van der Waals surface area (Å²) in [4.78, 5) is 19.4. The Bertz CT molecular complexity index is 1510. The number of hydrogen-bond acceptors (Lipinski definition) is 5. The van der Waals surface area contributed by atoms with Gasteiger partial charge < -0.3 is 29.6 Å². The van der Waals surface area contributed by atoms with Crippen LogP contribution < -0.4 is 25.0 Å². The summed E-state index contributed by atoms with van der Waals surface area (Å²) in [5.74, 6) is 1.24. The van der Waals surface area contributed by atoms with Crippen molar-refractivity contribution in [1.82, 2.24) is 14.9 Å². The van der Waals surface area contributed by atoms with Crippen molar-refractivity contribution < 1.29 is 14.3 Å². The third-order valence-corrected chi connectivity index (χ3v) is 7.24. The van der Waals surface area contributed by atoms with Crippen LogP contribution in [0.5, 0.6) is 11.5 Å². The molecule has 0 saturated carbocycles. The van der Waals surface area contributed by atoms with E-state index in [1.165, 1.54) is 0 Å². The Balaban J connectivity index is 1.60. The highest BCUT2D eigenvalue weighted by molar-refractivity contribution is 7.80. The van der Waals surface area contributed by atoms with Crippen LogP contribution in [-0.4, -0.2) is 34.8 Å². The van der Waals surface area contributed by atoms with Gasteiger partial charge in [0.25, 0.3) is 0 Å². The van der Waals surface area contributed by atoms with Crippen LogP contribution >= 0.6 is 12.2 Å². The fraction of sp³-hybridized carbons (Fsp3) is 0.258. The number of hydrogen-bond donors (Lipinski definition) is 2. The lowest BCUT2D eigenvalue weighted by molar-refractivity contribution is -0.123. The molecular formula is C31H33N5O3S. The average molecular weight is 556 g/mol. The molecule has 40 heavy (non-hydrogen) atoms. The van der Waals surface area contributed by atoms with Crippen LogP contribution in [0.2, 0.25) is 0 Å². The van der Waals surface area contributed by atoms with Gasteiger partial charge in [-0.3, -0.25) is 9.78 Å². The summed E-state index contributed by atoms with van der Waals surface area (Å²) >= 11 is 5.93. The first-order valence-electron chi connectivity index (χ1n) is 13.0. The van der Waals surface area contributed by atoms with Crippen molar-refractivity contribution in [3.8, 4) is 17.2 Å². The minimum Gasteiger partial charge on any atom is -0.497 e. The molecule has 0 bridgehead atoms. The Morgan fingerprint density at radius 2 is 1.73 bits per heavy atom. The van der Waals surface area contributed by atoms with Gasteiger partial charge in [-0.15, -0.1) is 0 Å². The third-order valence-electron chi connectivity index (χ3n) is 6.92. The second kappa shape index (κ2) is 11.0. The Hall–Kier alpha value is -4.37. The number of carbonyl (C=O) groups excluding carboxylic acids is 1. The summed E-state index contributed by atoms with van der Waals surface area (Å²) in [7, 11) is 3.25. The van der Waals surface area contributed by atoms with Gasteiger partial charge in [-0.25, -0.2) is 0 Å². The van der Waals surface area contributed by atoms with E-state index in [1.807, 2.05) is 93.7 Å². The standard InChI is InChI=1S/C31H33N5O3S/c1-31(2,3)29(37)33-23-16-13-21(19-26(23)39-5)36-28(27(34-30(36)40)24-9-6-7-17-32-24)25-10-8-18-35(25)20-11-14-22(38-4)15-12-20/h6-19,27-28H,1-5H3,(H,33,37)(H,34,40). The topological polar surface area (TPSA) is 80.7 Å². The van der Waals surface area contributed by atoms with Crippen LogP contribution in [0.1, 0.15) is 44.2 Å². The summed E-state index contributed by atoms with van der Waals surface area (Å²) < 4.78 is 13.2. The fourth-order valence-corrected chi connectivity index (χ4v) is 5.14. The second-order valence-electron chi connectivity index (χ2n) is 10.6. The van der Waals surface area contributed by atoms with Gasteiger partial charge in [0.15, 0.2) is 5.11 Å². The van der Waals surface area contributed by atoms with E-state index in [9.17, 15) is 4.79 Å². The van der Waals surface area contributed by atoms with E-state index in [4.69, 9.17) is 21.7 Å². The Labute approximate surface area is 239 Å². The lowest BCUT2D eigenvalue weighted by atomic mass is 9.95. The zero-order chi connectivity index (χ0) is 28.4. The number of carbonyl (C=O) groups is 1. The van der Waals surface area contributed by atoms with Gasteiger partial charge in [0, 0.05) is 40.9 Å². The molecule has 2 aromatic heterocycles. The van der Waals surface area contributed by atoms with Crippen LogP contribution in [0.3, 0.4) is 0 Å². The molecule has 1 amide bonds. The maximum Gasteiger partial charge on any atom is 0.229 e. The van der Waals surface area contributed by atoms with Gasteiger partial charge in [-0.2, -0.15) is 0 Å². The summed E-state index contributed by atoms with van der Waals surface area (Å²) in [5.41, 5.74) is 3.78. The van der Waals surface area contributed by atoms with E-state index in [0.29, 0.717) is 16.5 Å². The van der Waals surface area contributed by atoms with E-state index in [1.54, 1.807) is 20.4 Å². The number of ether oxygens (including phenoxy) is 2. The monoisotopic (exact) mass is 555 g/mol. The normalized spacial score (nSPS) is 16.9. The molecular weight excluding hydrogens is 522 g/mol. The summed E-state index contributed by atoms with van der Waals surface area (Å²) in [6.45, 7) is 5.62. The molecule has 1 saturated heterocycles. The number of rotatable bonds is 7. The number of nitrogens with zero attached hydrogens (tertiary/aromatic N) is 3. The lowest BCUT2D eigenvalue weighted by Crippen LogP contribution is -2.30. The predicted molar refractivity (Wildman–Crippen MR) is 161 cm³/mol. The number of amides is 1. The average Bonchev–Trinajstić information content (AvgIpc) is 3.57. The molecule has 2 aromatic carbocycles. The van der Waals surface area contributed by atoms with Crippen LogP contribution in [0.4, 0.5) is 11.4 Å². The van der Waals surface area contributed by atoms with Crippen molar-refractivity contribution >= 4 is 34.6 Å². The predicted octanol–water partition coefficient (Wildman–Crippen LogP) is 6.05. The first-order valence-corrected chi connectivity index (χ1v) is 13.4. The molecule has 1 aliphatic rings. The van der Waals surface area contributed by atoms with E-state index in [-0.39, 0.29) is 18.0 Å². The van der Waals surface area contributed by atoms with Crippen molar-refractivity contribution in [2.24, 2.45) is 5.41 Å². The highest BCUT2D eigenvalue weighted by Crippen LogP contribution is 2.44. The quantitative estimate of drug-likeness (QED) is 0.269. The van der Waals surface area contributed by atoms with Crippen molar-refractivity contribution in [2.45, 2.75) is 32.9 Å². The molecule has 9 heteroatoms. The molecule has 4 aromatic rings. The number of thiocarbonyl (C=S) groups is 1. The van der Waals surface area contributed by atoms with Gasteiger partial charge in [-0.05, 0) is 72.9 Å². The van der Waals surface area contributed by atoms with Gasteiger partial charge >= 0.3 is 0 Å². The number of benzene rings is 2. The molecule has 206 valence electrons. The van der Waals surface area contributed by atoms with Gasteiger partial charge in [0.1, 0.15) is 17.5 Å². The smallest absolute Gasteiger partial charge is 0.229 e. The van der Waals surface area contributed by atoms with Gasteiger partial charge in [-0.1, -0.05) is 26.8 Å². The van der Waals surface area contributed by atoms with Crippen LogP contribution in [-0.2, 0) is 4.79 Å². The van der Waals surface area contributed by atoms with Crippen LogP contribution in [0, 0.1) is 5.41 Å². The Morgan fingerprint density at radius 1 is 0.975 bits per heavy atom. The molecule has 1 fully saturated rings. The number of aromatic nitrogens is 2. The minimum atomic E-state index is -0.544. The molecule has 0 spiro atoms. The molecule has 2 N–H and O–H groups in total. The summed E-state index contributed by atoms with van der Waals surface area (Å²) in [6, 6.07) is 23.2. The van der Waals surface area contributed by atoms with E-state index in [0.717, 1.165) is 28.5 Å². The van der Waals surface area contributed by atoms with Crippen molar-refractivity contribution in [1.29, 1.82) is 0 Å². The summed E-state index contributed by atoms with van der Waals surface area (Å²) in [6.07, 6.45) is 3.83. The van der Waals surface area contributed by atoms with Crippen molar-refractivity contribution in [2.75, 3.05) is 24.4 Å². The summed E-state index contributed by atoms with van der Waals surface area (Å²) in [5, 5.41) is 7.06. The largest absolute Gasteiger partial charge is 0.497 e. The maximum atomic E-state index is 12.7. The third kappa shape index (κ3) is 5.24. The number of pyridine rings is 1. The fourth-order valence-electron chi connectivity index (χ4n) is 4.79. The molecule has 0 radical (unpaired) electrons. The Kier molecular flexibility index (Phi) is 7.49. The number of nitrogens with one attached hydrogen (secondary N) is 2. The molecule has 5 rings (SSSR count). The van der Waals surface area contributed by atoms with Gasteiger partial charge in [0.2, 0.25) is 5.91 Å². The maximum absolute atomic E-state index is 12.7. The first kappa shape index (κ1) is 27.2. The SMILES string of the molecule is COc1ccc(-n2cccc2C2C(c3ccccn3)NC(=S)N2c2ccc(NC(=O)C(C)(C)C)c(OC)c2)cc1. The van der Waals surface area contributed by atoms with E-state index < -0.39 is 5.41 Å². The van der Waals surface area contributed by atoms with Gasteiger partial charge in [0.05, 0.1) is 31.6 Å². The highest BCUT2D eigenvalue weighted by Gasteiger charge is 2.42. The molecule has 2 atom stereocenters. The minimum absolute atomic E-state index is 0.0951. The highest BCUT2D eigenvalue weighted by atomic mass is 32.1. The number of methoxy groups -OCH3 is 2. The second-order valence-corrected chi connectivity index (χ2v) is 11.0. The molecule has 2 unspecified atom stereocenters. The lowest BCUT2D eigenvalue weighted by Gasteiger charge is -2.29.